The van der Waals surface area contributed by atoms with Crippen LogP contribution in [-0.2, 0) is 6.54 Å². The molecule has 5 heteroatoms. The van der Waals surface area contributed by atoms with E-state index in [-0.39, 0.29) is 5.91 Å². The number of nitrogens with zero attached hydrogens (tertiary/aromatic N) is 3. The molecule has 0 N–H and O–H groups in total. The number of rotatable bonds is 6. The largest absolute Gasteiger partial charge is 0.355 e. The van der Waals surface area contributed by atoms with E-state index in [9.17, 15) is 4.79 Å². The van der Waals surface area contributed by atoms with Gasteiger partial charge in [0.25, 0.3) is 5.91 Å². The maximum atomic E-state index is 13.6. The quantitative estimate of drug-likeness (QED) is 0.460. The molecular weight excluding hydrogens is 398 g/mol. The van der Waals surface area contributed by atoms with Crippen LogP contribution < -0.4 is 0 Å². The van der Waals surface area contributed by atoms with Crippen LogP contribution in [0.5, 0.6) is 0 Å². The monoisotopic (exact) mass is 431 g/mol. The molecule has 0 unspecified atom stereocenters. The molecule has 3 aromatic rings. The summed E-state index contributed by atoms with van der Waals surface area (Å²) in [7, 11) is 0. The van der Waals surface area contributed by atoms with Gasteiger partial charge in [-0.25, -0.2) is 0 Å². The van der Waals surface area contributed by atoms with Gasteiger partial charge in [-0.1, -0.05) is 74.0 Å². The Bertz CT molecular complexity index is 992. The molecule has 2 aliphatic carbocycles. The van der Waals surface area contributed by atoms with Gasteiger partial charge < -0.3 is 14.0 Å². The standard InChI is InChI=1S/C27H33N3O2/c31-27(30(23-12-6-2-7-13-23)24-14-8-3-9-15-24)25-18-26(32-28-25)22-16-17-29(20-22)19-21-10-4-1-5-11-21/h1,4-5,10-11,16-18,20,23-24H,2-3,6-9,12-15,19H2. The summed E-state index contributed by atoms with van der Waals surface area (Å²) in [6.07, 6.45) is 16.1. The number of amides is 1. The van der Waals surface area contributed by atoms with Crippen LogP contribution in [0.1, 0.15) is 80.3 Å². The Labute approximate surface area is 190 Å². The van der Waals surface area contributed by atoms with Gasteiger partial charge in [0, 0.05) is 42.7 Å². The molecule has 2 saturated carbocycles. The molecule has 32 heavy (non-hydrogen) atoms. The van der Waals surface area contributed by atoms with Crippen LogP contribution in [-0.4, -0.2) is 32.6 Å². The Morgan fingerprint density at radius 1 is 0.938 bits per heavy atom. The predicted octanol–water partition coefficient (Wildman–Crippen LogP) is 6.30. The average Bonchev–Trinajstić information content (AvgIpc) is 3.51. The van der Waals surface area contributed by atoms with Gasteiger partial charge in [-0.2, -0.15) is 0 Å². The van der Waals surface area contributed by atoms with Crippen molar-refractivity contribution in [1.29, 1.82) is 0 Å². The second kappa shape index (κ2) is 9.76. The Morgan fingerprint density at radius 3 is 2.25 bits per heavy atom. The summed E-state index contributed by atoms with van der Waals surface area (Å²) in [6, 6.07) is 14.9. The topological polar surface area (TPSA) is 51.3 Å². The minimum absolute atomic E-state index is 0.0579. The predicted molar refractivity (Wildman–Crippen MR) is 125 cm³/mol. The highest BCUT2D eigenvalue weighted by Crippen LogP contribution is 2.32. The number of aromatic nitrogens is 2. The van der Waals surface area contributed by atoms with Crippen molar-refractivity contribution < 1.29 is 9.32 Å². The summed E-state index contributed by atoms with van der Waals surface area (Å²) >= 11 is 0. The van der Waals surface area contributed by atoms with Crippen LogP contribution in [0.2, 0.25) is 0 Å². The highest BCUT2D eigenvalue weighted by molar-refractivity contribution is 5.93. The summed E-state index contributed by atoms with van der Waals surface area (Å²) in [5.41, 5.74) is 2.65. The Kier molecular flexibility index (Phi) is 6.42. The zero-order chi connectivity index (χ0) is 21.8. The Hall–Kier alpha value is -2.82. The fourth-order valence-corrected chi connectivity index (χ4v) is 5.47. The van der Waals surface area contributed by atoms with Crippen LogP contribution in [0.25, 0.3) is 11.3 Å². The van der Waals surface area contributed by atoms with E-state index in [1.54, 1.807) is 0 Å². The lowest BCUT2D eigenvalue weighted by Crippen LogP contribution is -2.48. The molecule has 168 valence electrons. The van der Waals surface area contributed by atoms with E-state index in [1.807, 2.05) is 24.4 Å². The molecule has 1 aromatic carbocycles. The van der Waals surface area contributed by atoms with Crippen molar-refractivity contribution in [3.63, 3.8) is 0 Å². The summed E-state index contributed by atoms with van der Waals surface area (Å²) < 4.78 is 7.78. The molecule has 2 fully saturated rings. The first-order valence-corrected chi connectivity index (χ1v) is 12.3. The molecule has 2 aromatic heterocycles. The highest BCUT2D eigenvalue weighted by atomic mass is 16.5. The van der Waals surface area contributed by atoms with Gasteiger partial charge in [0.05, 0.1) is 0 Å². The van der Waals surface area contributed by atoms with Crippen molar-refractivity contribution in [3.8, 4) is 11.3 Å². The third kappa shape index (κ3) is 4.67. The van der Waals surface area contributed by atoms with Crippen LogP contribution in [0, 0.1) is 0 Å². The lowest BCUT2D eigenvalue weighted by molar-refractivity contribution is 0.0438. The lowest BCUT2D eigenvalue weighted by Gasteiger charge is -2.41. The molecule has 0 spiro atoms. The third-order valence-electron chi connectivity index (χ3n) is 7.14. The van der Waals surface area contributed by atoms with Gasteiger partial charge in [0.15, 0.2) is 11.5 Å². The molecule has 0 bridgehead atoms. The van der Waals surface area contributed by atoms with E-state index < -0.39 is 0 Å². The van der Waals surface area contributed by atoms with Crippen LogP contribution in [0.3, 0.4) is 0 Å². The van der Waals surface area contributed by atoms with Crippen molar-refractivity contribution in [2.24, 2.45) is 0 Å². The summed E-state index contributed by atoms with van der Waals surface area (Å²) in [4.78, 5) is 15.8. The van der Waals surface area contributed by atoms with Gasteiger partial charge >= 0.3 is 0 Å². The number of carbonyl (C=O) groups is 1. The van der Waals surface area contributed by atoms with Gasteiger partial charge in [-0.15, -0.1) is 0 Å². The average molecular weight is 432 g/mol. The molecule has 2 heterocycles. The molecule has 2 aliphatic rings. The van der Waals surface area contributed by atoms with E-state index in [0.29, 0.717) is 23.5 Å². The van der Waals surface area contributed by atoms with E-state index >= 15 is 0 Å². The first-order chi connectivity index (χ1) is 15.8. The summed E-state index contributed by atoms with van der Waals surface area (Å²) in [6.45, 7) is 0.803. The summed E-state index contributed by atoms with van der Waals surface area (Å²) in [5, 5.41) is 4.22. The van der Waals surface area contributed by atoms with Gasteiger partial charge in [0.2, 0.25) is 0 Å². The molecule has 0 saturated heterocycles. The Balaban J connectivity index is 1.33. The minimum Gasteiger partial charge on any atom is -0.355 e. The molecule has 0 aliphatic heterocycles. The van der Waals surface area contributed by atoms with E-state index in [4.69, 9.17) is 4.52 Å². The second-order valence-electron chi connectivity index (χ2n) is 9.43. The van der Waals surface area contributed by atoms with Gasteiger partial charge in [0.1, 0.15) is 0 Å². The van der Waals surface area contributed by atoms with Crippen molar-refractivity contribution >= 4 is 5.91 Å². The van der Waals surface area contributed by atoms with Crippen LogP contribution in [0.15, 0.2) is 59.4 Å². The fraction of sp³-hybridized carbons (Fsp3) is 0.481. The number of hydrogen-bond donors (Lipinski definition) is 0. The first-order valence-electron chi connectivity index (χ1n) is 12.3. The van der Waals surface area contributed by atoms with Crippen molar-refractivity contribution in [3.05, 3.63) is 66.1 Å². The van der Waals surface area contributed by atoms with Crippen LogP contribution in [0.4, 0.5) is 0 Å². The third-order valence-corrected chi connectivity index (χ3v) is 7.14. The van der Waals surface area contributed by atoms with Gasteiger partial charge in [-0.3, -0.25) is 4.79 Å². The number of carbonyl (C=O) groups excluding carboxylic acids is 1. The maximum Gasteiger partial charge on any atom is 0.276 e. The van der Waals surface area contributed by atoms with Crippen molar-refractivity contribution in [1.82, 2.24) is 14.6 Å². The van der Waals surface area contributed by atoms with E-state index in [1.165, 1.54) is 44.1 Å². The Morgan fingerprint density at radius 2 is 1.59 bits per heavy atom. The highest BCUT2D eigenvalue weighted by Gasteiger charge is 2.34. The molecule has 5 rings (SSSR count). The maximum absolute atomic E-state index is 13.6. The smallest absolute Gasteiger partial charge is 0.276 e. The normalized spacial score (nSPS) is 18.0. The molecule has 1 amide bonds. The second-order valence-corrected chi connectivity index (χ2v) is 9.43. The SMILES string of the molecule is O=C(c1cc(-c2ccn(Cc3ccccc3)c2)on1)N(C1CCCCC1)C1CCCCC1. The molecule has 0 radical (unpaired) electrons. The van der Waals surface area contributed by atoms with Crippen molar-refractivity contribution in [2.75, 3.05) is 0 Å². The zero-order valence-electron chi connectivity index (χ0n) is 18.8. The number of benzene rings is 1. The van der Waals surface area contributed by atoms with E-state index in [2.05, 4.69) is 45.1 Å². The fourth-order valence-electron chi connectivity index (χ4n) is 5.47. The first kappa shape index (κ1) is 21.0. The van der Waals surface area contributed by atoms with Gasteiger partial charge in [-0.05, 0) is 37.3 Å². The van der Waals surface area contributed by atoms with Crippen molar-refractivity contribution in [2.45, 2.75) is 82.8 Å². The zero-order valence-corrected chi connectivity index (χ0v) is 18.8. The minimum atomic E-state index is 0.0579. The van der Waals surface area contributed by atoms with E-state index in [0.717, 1.165) is 37.8 Å². The molecule has 0 atom stereocenters. The van der Waals surface area contributed by atoms with Crippen LogP contribution >= 0.6 is 0 Å². The molecule has 5 nitrogen and oxygen atoms in total. The summed E-state index contributed by atoms with van der Waals surface area (Å²) in [5.74, 6) is 0.718. The number of hydrogen-bond acceptors (Lipinski definition) is 3. The molecular formula is C27H33N3O2. The lowest BCUT2D eigenvalue weighted by atomic mass is 9.88.